The minimum Gasteiger partial charge on any atom is -0.486 e. The molecule has 6 heterocycles. The second-order valence-corrected chi connectivity index (χ2v) is 10.0. The van der Waals surface area contributed by atoms with Crippen molar-refractivity contribution in [1.29, 1.82) is 0 Å². The van der Waals surface area contributed by atoms with Crippen LogP contribution in [-0.4, -0.2) is 39.6 Å². The van der Waals surface area contributed by atoms with Gasteiger partial charge in [0.15, 0.2) is 17.1 Å². The van der Waals surface area contributed by atoms with Crippen LogP contribution in [-0.2, 0) is 28.3 Å². The molecule has 34 heavy (non-hydrogen) atoms. The lowest BCUT2D eigenvalue weighted by molar-refractivity contribution is -0.172. The number of pyridine rings is 2. The lowest BCUT2D eigenvalue weighted by atomic mass is 9.86. The molecule has 0 spiro atoms. The van der Waals surface area contributed by atoms with Crippen LogP contribution in [0.15, 0.2) is 21.8 Å². The van der Waals surface area contributed by atoms with E-state index in [-0.39, 0.29) is 24.6 Å². The zero-order chi connectivity index (χ0) is 23.4. The highest BCUT2D eigenvalue weighted by molar-refractivity contribution is 7.99. The van der Waals surface area contributed by atoms with Gasteiger partial charge < -0.3 is 29.6 Å². The minimum absolute atomic E-state index is 0.0971. The van der Waals surface area contributed by atoms with Gasteiger partial charge in [-0.05, 0) is 18.1 Å². The highest BCUT2D eigenvalue weighted by atomic mass is 32.2. The van der Waals surface area contributed by atoms with Crippen molar-refractivity contribution in [3.63, 3.8) is 0 Å². The number of nitrogens with zero attached hydrogens (tertiary/aromatic N) is 2. The number of thioether (sulfide) groups is 1. The molecule has 9 nitrogen and oxygen atoms in total. The van der Waals surface area contributed by atoms with Crippen LogP contribution in [0.4, 0.5) is 0 Å². The Balaban J connectivity index is 1.55. The van der Waals surface area contributed by atoms with Gasteiger partial charge in [0, 0.05) is 34.4 Å². The highest BCUT2D eigenvalue weighted by Gasteiger charge is 2.46. The fourth-order valence-electron chi connectivity index (χ4n) is 5.54. The van der Waals surface area contributed by atoms with Gasteiger partial charge in [-0.15, -0.1) is 11.8 Å². The maximum Gasteiger partial charge on any atom is 0.343 e. The Morgan fingerprint density at radius 3 is 2.88 bits per heavy atom. The van der Waals surface area contributed by atoms with Gasteiger partial charge in [0.05, 0.1) is 33.9 Å². The third-order valence-corrected chi connectivity index (χ3v) is 8.46. The molecule has 1 unspecified atom stereocenters. The van der Waals surface area contributed by atoms with Crippen molar-refractivity contribution in [3.8, 4) is 22.9 Å². The number of aliphatic hydroxyl groups is 1. The van der Waals surface area contributed by atoms with Crippen molar-refractivity contribution in [1.82, 2.24) is 9.55 Å². The maximum absolute atomic E-state index is 13.5. The van der Waals surface area contributed by atoms with Gasteiger partial charge in [0.2, 0.25) is 0 Å². The van der Waals surface area contributed by atoms with E-state index in [4.69, 9.17) is 24.9 Å². The first-order valence-electron chi connectivity index (χ1n) is 11.3. The van der Waals surface area contributed by atoms with Crippen molar-refractivity contribution in [3.05, 3.63) is 44.7 Å². The number of nitrogens with two attached hydrogens (primary N) is 1. The Morgan fingerprint density at radius 2 is 2.06 bits per heavy atom. The maximum atomic E-state index is 13.5. The molecule has 0 radical (unpaired) electrons. The second kappa shape index (κ2) is 6.74. The highest BCUT2D eigenvalue weighted by Crippen LogP contribution is 2.52. The molecule has 0 bridgehead atoms. The van der Waals surface area contributed by atoms with Gasteiger partial charge in [0.1, 0.15) is 19.8 Å². The lowest BCUT2D eigenvalue weighted by Crippen LogP contribution is -2.44. The molecule has 174 valence electrons. The standard InChI is InChI=1S/C24H21N3O6S/c1-2-24(30)12-5-15-19-10(7-27(15)22(28)11(12)8-33-23(24)29)17-13(25)9-34-21-18(17)14(26-19)6-16-20(21)32-4-3-31-16/h5-6,13,30H,2-4,7-9,25H2,1H3/t13?,24-/m0/s1. The van der Waals surface area contributed by atoms with Gasteiger partial charge in [-0.1, -0.05) is 6.92 Å². The van der Waals surface area contributed by atoms with Crippen molar-refractivity contribution >= 4 is 28.6 Å². The van der Waals surface area contributed by atoms with E-state index in [1.807, 2.05) is 6.07 Å². The van der Waals surface area contributed by atoms with Crippen LogP contribution in [0.5, 0.6) is 11.5 Å². The van der Waals surface area contributed by atoms with Gasteiger partial charge >= 0.3 is 5.97 Å². The largest absolute Gasteiger partial charge is 0.486 e. The summed E-state index contributed by atoms with van der Waals surface area (Å²) in [6, 6.07) is 3.35. The molecule has 3 N–H and O–H groups in total. The molecule has 0 amide bonds. The SMILES string of the molecule is CC[C@@]1(O)C(=O)OCc2c1cc1n(c2=O)Cc2c-1nc1cc3c(c4c1c2C(N)CS4)OCCO3. The number of esters is 1. The summed E-state index contributed by atoms with van der Waals surface area (Å²) in [5.74, 6) is 1.31. The predicted molar refractivity (Wildman–Crippen MR) is 123 cm³/mol. The van der Waals surface area contributed by atoms with Crippen molar-refractivity contribution in [2.75, 3.05) is 19.0 Å². The van der Waals surface area contributed by atoms with E-state index in [1.165, 1.54) is 0 Å². The number of aromatic nitrogens is 2. The van der Waals surface area contributed by atoms with Crippen molar-refractivity contribution in [2.24, 2.45) is 5.73 Å². The van der Waals surface area contributed by atoms with E-state index in [1.54, 1.807) is 29.3 Å². The monoisotopic (exact) mass is 479 g/mol. The summed E-state index contributed by atoms with van der Waals surface area (Å²) in [4.78, 5) is 31.9. The normalized spacial score (nSPS) is 23.9. The Kier molecular flexibility index (Phi) is 4.03. The molecular weight excluding hydrogens is 458 g/mol. The molecule has 3 aromatic rings. The van der Waals surface area contributed by atoms with E-state index >= 15 is 0 Å². The molecule has 0 saturated heterocycles. The zero-order valence-electron chi connectivity index (χ0n) is 18.3. The molecule has 0 saturated carbocycles. The van der Waals surface area contributed by atoms with Gasteiger partial charge in [0.25, 0.3) is 5.56 Å². The number of hydrogen-bond acceptors (Lipinski definition) is 9. The van der Waals surface area contributed by atoms with E-state index in [2.05, 4.69) is 0 Å². The topological polar surface area (TPSA) is 126 Å². The molecule has 0 aliphatic carbocycles. The third-order valence-electron chi connectivity index (χ3n) is 7.26. The van der Waals surface area contributed by atoms with Crippen molar-refractivity contribution < 1.29 is 24.1 Å². The van der Waals surface area contributed by atoms with E-state index < -0.39 is 11.6 Å². The van der Waals surface area contributed by atoms with Crippen LogP contribution in [0.2, 0.25) is 0 Å². The molecule has 1 aromatic carbocycles. The Labute approximate surface area is 197 Å². The number of rotatable bonds is 1. The van der Waals surface area contributed by atoms with Crippen LogP contribution < -0.4 is 20.8 Å². The van der Waals surface area contributed by atoms with E-state index in [0.29, 0.717) is 53.8 Å². The zero-order valence-corrected chi connectivity index (χ0v) is 19.2. The molecule has 10 heteroatoms. The third kappa shape index (κ3) is 2.40. The molecule has 0 fully saturated rings. The quantitative estimate of drug-likeness (QED) is 0.394. The predicted octanol–water partition coefficient (Wildman–Crippen LogP) is 1.96. The van der Waals surface area contributed by atoms with Crippen LogP contribution in [0.1, 0.15) is 41.6 Å². The lowest BCUT2D eigenvalue weighted by Gasteiger charge is -2.31. The summed E-state index contributed by atoms with van der Waals surface area (Å²) in [5.41, 5.74) is 8.87. The number of carbonyl (C=O) groups excluding carboxylic acids is 1. The number of carbonyl (C=O) groups is 1. The molecule has 4 aliphatic heterocycles. The molecule has 2 aromatic heterocycles. The number of hydrogen-bond donors (Lipinski definition) is 2. The Hall–Kier alpha value is -3.08. The Morgan fingerprint density at radius 1 is 1.24 bits per heavy atom. The number of cyclic esters (lactones) is 1. The van der Waals surface area contributed by atoms with Crippen LogP contribution in [0, 0.1) is 0 Å². The average molecular weight is 480 g/mol. The van der Waals surface area contributed by atoms with Gasteiger partial charge in [-0.2, -0.15) is 0 Å². The number of ether oxygens (including phenoxy) is 3. The summed E-state index contributed by atoms with van der Waals surface area (Å²) in [7, 11) is 0. The smallest absolute Gasteiger partial charge is 0.343 e. The fourth-order valence-corrected chi connectivity index (χ4v) is 6.71. The summed E-state index contributed by atoms with van der Waals surface area (Å²) in [5, 5.41) is 12.0. The fraction of sp³-hybridized carbons (Fsp3) is 0.375. The van der Waals surface area contributed by atoms with E-state index in [0.717, 1.165) is 32.7 Å². The van der Waals surface area contributed by atoms with Crippen LogP contribution in [0.3, 0.4) is 0 Å². The van der Waals surface area contributed by atoms with Gasteiger partial charge in [-0.25, -0.2) is 9.78 Å². The minimum atomic E-state index is -1.86. The number of fused-ring (bicyclic) bond motifs is 7. The molecule has 7 rings (SSSR count). The first-order chi connectivity index (χ1) is 16.4. The molecular formula is C24H21N3O6S. The van der Waals surface area contributed by atoms with Crippen LogP contribution >= 0.6 is 11.8 Å². The van der Waals surface area contributed by atoms with Crippen LogP contribution in [0.25, 0.3) is 22.3 Å². The van der Waals surface area contributed by atoms with Crippen molar-refractivity contribution in [2.45, 2.75) is 43.0 Å². The van der Waals surface area contributed by atoms with E-state index in [9.17, 15) is 14.7 Å². The summed E-state index contributed by atoms with van der Waals surface area (Å²) < 4.78 is 18.6. The second-order valence-electron chi connectivity index (χ2n) is 9.00. The summed E-state index contributed by atoms with van der Waals surface area (Å²) >= 11 is 1.63. The first-order valence-corrected chi connectivity index (χ1v) is 12.3. The molecule has 4 aliphatic rings. The molecule has 2 atom stereocenters. The van der Waals surface area contributed by atoms with Gasteiger partial charge in [-0.3, -0.25) is 4.79 Å². The average Bonchev–Trinajstić information content (AvgIpc) is 3.21. The Bertz CT molecular complexity index is 1520. The summed E-state index contributed by atoms with van der Waals surface area (Å²) in [6.07, 6.45) is 0.0971. The number of benzene rings is 1. The first kappa shape index (κ1) is 20.3. The summed E-state index contributed by atoms with van der Waals surface area (Å²) in [6.45, 7) is 2.81.